The van der Waals surface area contributed by atoms with E-state index in [1.807, 2.05) is 6.79 Å². The molecule has 0 saturated heterocycles. The van der Waals surface area contributed by atoms with Gasteiger partial charge in [0.1, 0.15) is 12.4 Å². The summed E-state index contributed by atoms with van der Waals surface area (Å²) in [5, 5.41) is 0. The van der Waals surface area contributed by atoms with E-state index in [2.05, 4.69) is 6.92 Å². The Morgan fingerprint density at radius 1 is 1.20 bits per heavy atom. The first-order valence-electron chi connectivity index (χ1n) is 7.11. The fourth-order valence-corrected chi connectivity index (χ4v) is 1.85. The maximum Gasteiger partial charge on any atom is 0.341 e. The average Bonchev–Trinajstić information content (AvgIpc) is 2.48. The second-order valence-electron chi connectivity index (χ2n) is 4.54. The number of ketones is 1. The maximum absolute atomic E-state index is 11.6. The van der Waals surface area contributed by atoms with Crippen molar-refractivity contribution in [3.05, 3.63) is 23.8 Å². The molecule has 4 heteroatoms. The zero-order chi connectivity index (χ0) is 15.2. The third kappa shape index (κ3) is 7.67. The Bertz CT molecular complexity index is 355. The van der Waals surface area contributed by atoms with E-state index < -0.39 is 5.97 Å². The molecule has 0 amide bonds. The summed E-state index contributed by atoms with van der Waals surface area (Å²) in [5.74, 6) is -0.622. The summed E-state index contributed by atoms with van der Waals surface area (Å²) in [4.78, 5) is 31.0. The molecule has 1 aliphatic carbocycles. The van der Waals surface area contributed by atoms with Crippen LogP contribution in [0.3, 0.4) is 0 Å². The Kier molecular flexibility index (Phi) is 11.3. The van der Waals surface area contributed by atoms with Crippen molar-refractivity contribution in [1.29, 1.82) is 0 Å². The van der Waals surface area contributed by atoms with Crippen LogP contribution in [0.5, 0.6) is 0 Å². The zero-order valence-electron chi connectivity index (χ0n) is 12.2. The van der Waals surface area contributed by atoms with Crippen LogP contribution in [0.25, 0.3) is 0 Å². The molecular weight excluding hydrogens is 256 g/mol. The van der Waals surface area contributed by atoms with E-state index in [9.17, 15) is 9.59 Å². The maximum atomic E-state index is 11.6. The van der Waals surface area contributed by atoms with Crippen molar-refractivity contribution in [2.75, 3.05) is 6.61 Å². The van der Waals surface area contributed by atoms with Gasteiger partial charge in [-0.3, -0.25) is 4.79 Å². The second-order valence-corrected chi connectivity index (χ2v) is 4.54. The summed E-state index contributed by atoms with van der Waals surface area (Å²) in [5.41, 5.74) is 0.184. The lowest BCUT2D eigenvalue weighted by molar-refractivity contribution is -0.140. The predicted octanol–water partition coefficient (Wildman–Crippen LogP) is 3.16. The van der Waals surface area contributed by atoms with Gasteiger partial charge in [-0.1, -0.05) is 51.2 Å². The highest BCUT2D eigenvalue weighted by molar-refractivity contribution is 6.18. The Morgan fingerprint density at radius 3 is 2.50 bits per heavy atom. The molecule has 0 saturated carbocycles. The molecule has 4 nitrogen and oxygen atoms in total. The quantitative estimate of drug-likeness (QED) is 0.389. The number of hydrogen-bond donors (Lipinski definition) is 0. The van der Waals surface area contributed by atoms with Gasteiger partial charge in [0.15, 0.2) is 5.78 Å². The van der Waals surface area contributed by atoms with E-state index in [0.717, 1.165) is 12.8 Å². The number of ether oxygens (including phenoxy) is 1. The Balaban J connectivity index is 0.00000172. The van der Waals surface area contributed by atoms with E-state index in [0.29, 0.717) is 13.0 Å². The van der Waals surface area contributed by atoms with Gasteiger partial charge in [0.2, 0.25) is 0 Å². The number of unbranched alkanes of at least 4 members (excludes halogenated alkanes) is 5. The second kappa shape index (κ2) is 12.3. The lowest BCUT2D eigenvalue weighted by atomic mass is 10.0. The standard InChI is InChI=1S/C15H22O3.CH2O/c1-2-3-4-5-6-9-12-18-15(17)13-10-7-8-11-14(13)16;1-2/h7-8,10H,2-6,9,11-12H2,1H3;1H2. The number of esters is 1. The predicted molar refractivity (Wildman–Crippen MR) is 78.3 cm³/mol. The van der Waals surface area contributed by atoms with Gasteiger partial charge in [0.25, 0.3) is 0 Å². The Morgan fingerprint density at radius 2 is 1.85 bits per heavy atom. The molecule has 0 unspecified atom stereocenters. The highest BCUT2D eigenvalue weighted by Crippen LogP contribution is 2.10. The van der Waals surface area contributed by atoms with Gasteiger partial charge in [0, 0.05) is 6.42 Å². The number of carbonyl (C=O) groups is 3. The largest absolute Gasteiger partial charge is 0.462 e. The van der Waals surface area contributed by atoms with Crippen molar-refractivity contribution >= 4 is 18.5 Å². The summed E-state index contributed by atoms with van der Waals surface area (Å²) in [6.07, 6.45) is 12.2. The monoisotopic (exact) mass is 280 g/mol. The summed E-state index contributed by atoms with van der Waals surface area (Å²) >= 11 is 0. The minimum absolute atomic E-state index is 0.148. The third-order valence-electron chi connectivity index (χ3n) is 2.95. The van der Waals surface area contributed by atoms with Crippen molar-refractivity contribution in [2.45, 2.75) is 51.9 Å². The van der Waals surface area contributed by atoms with Crippen LogP contribution in [-0.4, -0.2) is 25.1 Å². The highest BCUT2D eigenvalue weighted by atomic mass is 16.5. The number of allylic oxidation sites excluding steroid dienone is 3. The molecule has 0 aromatic rings. The molecular formula is C16H24O4. The van der Waals surface area contributed by atoms with Gasteiger partial charge < -0.3 is 9.53 Å². The number of rotatable bonds is 8. The van der Waals surface area contributed by atoms with Crippen molar-refractivity contribution in [2.24, 2.45) is 0 Å². The molecule has 20 heavy (non-hydrogen) atoms. The molecule has 0 spiro atoms. The number of hydrogen-bond acceptors (Lipinski definition) is 4. The molecule has 0 aliphatic heterocycles. The van der Waals surface area contributed by atoms with E-state index in [1.165, 1.54) is 31.8 Å². The first-order valence-corrected chi connectivity index (χ1v) is 7.11. The number of carbonyl (C=O) groups excluding carboxylic acids is 3. The van der Waals surface area contributed by atoms with Crippen LogP contribution in [0.2, 0.25) is 0 Å². The van der Waals surface area contributed by atoms with Crippen molar-refractivity contribution in [1.82, 2.24) is 0 Å². The van der Waals surface area contributed by atoms with Gasteiger partial charge >= 0.3 is 5.97 Å². The summed E-state index contributed by atoms with van der Waals surface area (Å²) in [6.45, 7) is 4.60. The van der Waals surface area contributed by atoms with E-state index in [4.69, 9.17) is 9.53 Å². The van der Waals surface area contributed by atoms with Gasteiger partial charge in [-0.25, -0.2) is 4.79 Å². The SMILES string of the molecule is C=O.CCCCCCCCOC(=O)C1=CC=CCC1=O. The summed E-state index contributed by atoms with van der Waals surface area (Å²) < 4.78 is 5.10. The minimum atomic E-state index is -0.474. The molecule has 0 aromatic carbocycles. The molecule has 0 aromatic heterocycles. The average molecular weight is 280 g/mol. The lowest BCUT2D eigenvalue weighted by Crippen LogP contribution is -2.17. The third-order valence-corrected chi connectivity index (χ3v) is 2.95. The van der Waals surface area contributed by atoms with Crippen LogP contribution in [0.15, 0.2) is 23.8 Å². The molecule has 112 valence electrons. The summed E-state index contributed by atoms with van der Waals surface area (Å²) in [6, 6.07) is 0. The fraction of sp³-hybridized carbons (Fsp3) is 0.562. The highest BCUT2D eigenvalue weighted by Gasteiger charge is 2.19. The zero-order valence-corrected chi connectivity index (χ0v) is 12.2. The molecule has 0 heterocycles. The van der Waals surface area contributed by atoms with E-state index in [1.54, 1.807) is 12.2 Å². The van der Waals surface area contributed by atoms with Crippen LogP contribution in [0.4, 0.5) is 0 Å². The molecule has 0 radical (unpaired) electrons. The van der Waals surface area contributed by atoms with Crippen LogP contribution >= 0.6 is 0 Å². The molecule has 0 atom stereocenters. The van der Waals surface area contributed by atoms with Crippen LogP contribution < -0.4 is 0 Å². The smallest absolute Gasteiger partial charge is 0.341 e. The minimum Gasteiger partial charge on any atom is -0.462 e. The molecule has 0 bridgehead atoms. The first-order chi connectivity index (χ1) is 9.75. The van der Waals surface area contributed by atoms with E-state index >= 15 is 0 Å². The van der Waals surface area contributed by atoms with Crippen LogP contribution in [0.1, 0.15) is 51.9 Å². The van der Waals surface area contributed by atoms with Gasteiger partial charge in [-0.15, -0.1) is 0 Å². The molecule has 1 aliphatic rings. The summed E-state index contributed by atoms with van der Waals surface area (Å²) in [7, 11) is 0. The Labute approximate surface area is 120 Å². The topological polar surface area (TPSA) is 60.4 Å². The molecule has 1 rings (SSSR count). The lowest BCUT2D eigenvalue weighted by Gasteiger charge is -2.08. The van der Waals surface area contributed by atoms with Crippen molar-refractivity contribution < 1.29 is 19.1 Å². The number of Topliss-reactive ketones (excluding diaryl/α,β-unsaturated/α-hetero) is 1. The van der Waals surface area contributed by atoms with Gasteiger partial charge in [0.05, 0.1) is 6.61 Å². The van der Waals surface area contributed by atoms with Gasteiger partial charge in [-0.2, -0.15) is 0 Å². The van der Waals surface area contributed by atoms with E-state index in [-0.39, 0.29) is 11.4 Å². The first kappa shape index (κ1) is 18.3. The molecule has 0 N–H and O–H groups in total. The van der Waals surface area contributed by atoms with Crippen LogP contribution in [-0.2, 0) is 19.1 Å². The van der Waals surface area contributed by atoms with Crippen molar-refractivity contribution in [3.8, 4) is 0 Å². The van der Waals surface area contributed by atoms with Gasteiger partial charge in [-0.05, 0) is 12.5 Å². The van der Waals surface area contributed by atoms with Crippen molar-refractivity contribution in [3.63, 3.8) is 0 Å². The van der Waals surface area contributed by atoms with Crippen LogP contribution in [0, 0.1) is 0 Å². The Hall–Kier alpha value is -1.71. The fourth-order valence-electron chi connectivity index (χ4n) is 1.85. The normalized spacial score (nSPS) is 13.2. The molecule has 0 fully saturated rings.